The lowest BCUT2D eigenvalue weighted by Crippen LogP contribution is -2.53. The van der Waals surface area contributed by atoms with Gasteiger partial charge in [-0.15, -0.1) is 0 Å². The van der Waals surface area contributed by atoms with Crippen LogP contribution >= 0.6 is 0 Å². The van der Waals surface area contributed by atoms with Crippen LogP contribution in [-0.2, 0) is 24.5 Å². The molecule has 0 aliphatic rings. The van der Waals surface area contributed by atoms with Gasteiger partial charge in [0, 0.05) is 6.61 Å². The number of hydrogen-bond acceptors (Lipinski definition) is 5. The molecule has 0 spiro atoms. The van der Waals surface area contributed by atoms with Gasteiger partial charge in [0.05, 0.1) is 26.9 Å². The molecule has 21 heavy (non-hydrogen) atoms. The summed E-state index contributed by atoms with van der Waals surface area (Å²) in [5.41, 5.74) is -0.160. The fourth-order valence-corrected chi connectivity index (χ4v) is 2.17. The molecule has 1 N–H and O–H groups in total. The summed E-state index contributed by atoms with van der Waals surface area (Å²) in [6.07, 6.45) is 0. The Labute approximate surface area is 126 Å². The Morgan fingerprint density at radius 3 is 2.38 bits per heavy atom. The average molecular weight is 295 g/mol. The van der Waals surface area contributed by atoms with E-state index in [-0.39, 0.29) is 12.6 Å². The maximum Gasteiger partial charge on any atom is 0.333 e. The minimum absolute atomic E-state index is 0.199. The number of likely N-dealkylation sites (N-methyl/N-ethyl adjacent to an activating group) is 1. The van der Waals surface area contributed by atoms with Crippen LogP contribution in [0.5, 0.6) is 0 Å². The maximum atomic E-state index is 12.3. The normalized spacial score (nSPS) is 13.7. The minimum Gasteiger partial charge on any atom is -0.467 e. The summed E-state index contributed by atoms with van der Waals surface area (Å²) in [7, 11) is 1.39. The fraction of sp³-hybridized carbons (Fsp3) is 0.562. The Balaban J connectivity index is 2.89. The van der Waals surface area contributed by atoms with E-state index in [1.807, 2.05) is 44.2 Å². The predicted molar refractivity (Wildman–Crippen MR) is 81.1 cm³/mol. The van der Waals surface area contributed by atoms with Crippen molar-refractivity contribution in [1.29, 1.82) is 0 Å². The van der Waals surface area contributed by atoms with Crippen LogP contribution in [0.2, 0.25) is 0 Å². The molecule has 0 aliphatic carbocycles. The van der Waals surface area contributed by atoms with Gasteiger partial charge in [0.15, 0.2) is 5.54 Å². The Hall–Kier alpha value is -1.43. The first-order valence-electron chi connectivity index (χ1n) is 7.25. The quantitative estimate of drug-likeness (QED) is 0.526. The van der Waals surface area contributed by atoms with Crippen LogP contribution in [-0.4, -0.2) is 46.1 Å². The Morgan fingerprint density at radius 1 is 1.14 bits per heavy atom. The molecule has 5 nitrogen and oxygen atoms in total. The van der Waals surface area contributed by atoms with E-state index in [4.69, 9.17) is 14.2 Å². The third-order valence-corrected chi connectivity index (χ3v) is 3.17. The van der Waals surface area contributed by atoms with Gasteiger partial charge in [-0.3, -0.25) is 5.32 Å². The monoisotopic (exact) mass is 295 g/mol. The Morgan fingerprint density at radius 2 is 1.81 bits per heavy atom. The van der Waals surface area contributed by atoms with Crippen LogP contribution in [0, 0.1) is 0 Å². The highest BCUT2D eigenvalue weighted by atomic mass is 16.5. The molecule has 0 saturated heterocycles. The van der Waals surface area contributed by atoms with Crippen LogP contribution in [0.15, 0.2) is 30.3 Å². The highest BCUT2D eigenvalue weighted by Crippen LogP contribution is 2.23. The smallest absolute Gasteiger partial charge is 0.333 e. The van der Waals surface area contributed by atoms with Crippen molar-refractivity contribution < 1.29 is 19.0 Å². The standard InChI is InChI=1S/C16H25NO4/c1-4-17-16(15(18)19-3,13-21-12-11-20-5-2)14-9-7-6-8-10-14/h6-10,17H,4-5,11-13H2,1-3H3. The van der Waals surface area contributed by atoms with Crippen LogP contribution in [0.4, 0.5) is 0 Å². The van der Waals surface area contributed by atoms with Gasteiger partial charge in [-0.1, -0.05) is 37.3 Å². The van der Waals surface area contributed by atoms with E-state index in [9.17, 15) is 4.79 Å². The molecule has 1 unspecified atom stereocenters. The highest BCUT2D eigenvalue weighted by Gasteiger charge is 2.41. The summed E-state index contributed by atoms with van der Waals surface area (Å²) in [4.78, 5) is 12.3. The van der Waals surface area contributed by atoms with Crippen molar-refractivity contribution in [3.05, 3.63) is 35.9 Å². The molecular weight excluding hydrogens is 270 g/mol. The molecule has 0 amide bonds. The van der Waals surface area contributed by atoms with Crippen molar-refractivity contribution in [2.45, 2.75) is 19.4 Å². The molecule has 118 valence electrons. The minimum atomic E-state index is -0.989. The van der Waals surface area contributed by atoms with E-state index in [2.05, 4.69) is 5.32 Å². The second kappa shape index (κ2) is 9.50. The van der Waals surface area contributed by atoms with Gasteiger partial charge < -0.3 is 14.2 Å². The fourth-order valence-electron chi connectivity index (χ4n) is 2.17. The van der Waals surface area contributed by atoms with Crippen molar-refractivity contribution in [2.24, 2.45) is 0 Å². The van der Waals surface area contributed by atoms with Gasteiger partial charge >= 0.3 is 5.97 Å². The van der Waals surface area contributed by atoms with Crippen molar-refractivity contribution >= 4 is 5.97 Å². The summed E-state index contributed by atoms with van der Waals surface area (Å²) in [6, 6.07) is 9.49. The predicted octanol–water partition coefficient (Wildman–Crippen LogP) is 1.72. The first kappa shape index (κ1) is 17.6. The summed E-state index contributed by atoms with van der Waals surface area (Å²) in [5, 5.41) is 3.21. The summed E-state index contributed by atoms with van der Waals surface area (Å²) < 4.78 is 15.9. The van der Waals surface area contributed by atoms with Gasteiger partial charge in [0.2, 0.25) is 0 Å². The molecule has 5 heteroatoms. The molecule has 1 rings (SSSR count). The Kier molecular flexibility index (Phi) is 7.97. The van der Waals surface area contributed by atoms with Gasteiger partial charge in [-0.05, 0) is 19.0 Å². The lowest BCUT2D eigenvalue weighted by molar-refractivity contribution is -0.152. The average Bonchev–Trinajstić information content (AvgIpc) is 2.53. The lowest BCUT2D eigenvalue weighted by atomic mass is 9.90. The van der Waals surface area contributed by atoms with Crippen molar-refractivity contribution in [1.82, 2.24) is 5.32 Å². The number of carbonyl (C=O) groups excluding carboxylic acids is 1. The second-order valence-electron chi connectivity index (χ2n) is 4.54. The van der Waals surface area contributed by atoms with Gasteiger partial charge in [-0.2, -0.15) is 0 Å². The van der Waals surface area contributed by atoms with Crippen molar-refractivity contribution in [3.63, 3.8) is 0 Å². The molecule has 0 bridgehead atoms. The van der Waals surface area contributed by atoms with E-state index >= 15 is 0 Å². The number of ether oxygens (including phenoxy) is 3. The van der Waals surface area contributed by atoms with E-state index < -0.39 is 5.54 Å². The maximum absolute atomic E-state index is 12.3. The zero-order chi connectivity index (χ0) is 15.6. The van der Waals surface area contributed by atoms with E-state index in [1.165, 1.54) is 7.11 Å². The summed E-state index contributed by atoms with van der Waals surface area (Å²) >= 11 is 0. The number of carbonyl (C=O) groups is 1. The number of esters is 1. The van der Waals surface area contributed by atoms with Crippen LogP contribution in [0.3, 0.4) is 0 Å². The largest absolute Gasteiger partial charge is 0.467 e. The lowest BCUT2D eigenvalue weighted by Gasteiger charge is -2.32. The molecule has 0 saturated carbocycles. The van der Waals surface area contributed by atoms with Crippen LogP contribution in [0.25, 0.3) is 0 Å². The zero-order valence-corrected chi connectivity index (χ0v) is 13.1. The van der Waals surface area contributed by atoms with E-state index in [0.717, 1.165) is 5.56 Å². The first-order valence-corrected chi connectivity index (χ1v) is 7.25. The molecule has 0 radical (unpaired) electrons. The number of benzene rings is 1. The summed E-state index contributed by atoms with van der Waals surface area (Å²) in [5.74, 6) is -0.355. The first-order chi connectivity index (χ1) is 10.2. The van der Waals surface area contributed by atoms with E-state index in [0.29, 0.717) is 26.4 Å². The Bertz CT molecular complexity index is 410. The second-order valence-corrected chi connectivity index (χ2v) is 4.54. The van der Waals surface area contributed by atoms with Gasteiger partial charge in [0.25, 0.3) is 0 Å². The third kappa shape index (κ3) is 4.81. The van der Waals surface area contributed by atoms with Crippen LogP contribution < -0.4 is 5.32 Å². The van der Waals surface area contributed by atoms with Gasteiger partial charge in [0.1, 0.15) is 0 Å². The SMILES string of the molecule is CCNC(COCCOCC)(C(=O)OC)c1ccccc1. The molecule has 1 aromatic rings. The topological polar surface area (TPSA) is 56.8 Å². The molecule has 0 aromatic heterocycles. The number of nitrogens with one attached hydrogen (secondary N) is 1. The number of hydrogen-bond donors (Lipinski definition) is 1. The number of methoxy groups -OCH3 is 1. The van der Waals surface area contributed by atoms with E-state index in [1.54, 1.807) is 0 Å². The van der Waals surface area contributed by atoms with Crippen molar-refractivity contribution in [3.8, 4) is 0 Å². The highest BCUT2D eigenvalue weighted by molar-refractivity contribution is 5.82. The molecule has 1 atom stereocenters. The molecule has 0 aliphatic heterocycles. The van der Waals surface area contributed by atoms with Gasteiger partial charge in [-0.25, -0.2) is 4.79 Å². The molecule has 0 heterocycles. The third-order valence-electron chi connectivity index (χ3n) is 3.17. The van der Waals surface area contributed by atoms with Crippen LogP contribution in [0.1, 0.15) is 19.4 Å². The molecular formula is C16H25NO4. The molecule has 1 aromatic carbocycles. The molecule has 0 fully saturated rings. The van der Waals surface area contributed by atoms with Crippen molar-refractivity contribution in [2.75, 3.05) is 40.1 Å². The zero-order valence-electron chi connectivity index (χ0n) is 13.1. The number of rotatable bonds is 10. The summed E-state index contributed by atoms with van der Waals surface area (Å²) in [6.45, 7) is 6.29.